The zero-order valence-electron chi connectivity index (χ0n) is 32.1. The Balaban J connectivity index is 0.722. The highest BCUT2D eigenvalue weighted by Crippen LogP contribution is 2.79. The van der Waals surface area contributed by atoms with Crippen LogP contribution in [0.4, 0.5) is 0 Å². The van der Waals surface area contributed by atoms with E-state index in [1.54, 1.807) is 22.7 Å². The lowest BCUT2D eigenvalue weighted by atomic mass is 9.84. The van der Waals surface area contributed by atoms with Crippen molar-refractivity contribution in [2.24, 2.45) is 23.7 Å². The molecule has 2 aliphatic heterocycles. The molecule has 4 amide bonds. The number of alkyl halides is 8. The van der Waals surface area contributed by atoms with Crippen LogP contribution in [0.3, 0.4) is 0 Å². The normalized spacial score (nSPS) is 32.4. The largest absolute Gasteiger partial charge is 0.333 e. The van der Waals surface area contributed by atoms with Crippen molar-refractivity contribution >= 4 is 220 Å². The van der Waals surface area contributed by atoms with Gasteiger partial charge in [0.2, 0.25) is 0 Å². The SMILES string of the molecule is O=C(CCc1ccc(-c2ccc(-c3ccc(-c4ccc(CCC(=O)ON5C(=O)C6[C@H](C5=O)[C@]5(Cl)C(Cl)=C(Cl)[C@@]6(Cl)C5(Cl)Cl)s4)s3)s2)s1)ON1C(=O)C2[C@H](C1=O)[C@]1(Cl)C(Cl)=C(Cl)[C@@]2(Cl)C1(Cl)Cl. The Hall–Kier alpha value is -1.02. The van der Waals surface area contributed by atoms with E-state index >= 15 is 0 Å². The molecule has 10 rings (SSSR count). The molecule has 6 heterocycles. The number of hydrogen-bond donors (Lipinski definition) is 0. The number of imide groups is 2. The number of fused-ring (bicyclic) bond motifs is 10. The quantitative estimate of drug-likeness (QED) is 0.107. The monoisotopic (exact) mass is 1200 g/mol. The second-order valence-corrected chi connectivity index (χ2v) is 26.9. The predicted octanol–water partition coefficient (Wildman–Crippen LogP) is 12.6. The summed E-state index contributed by atoms with van der Waals surface area (Å²) in [5.74, 6) is -11.1. The Morgan fingerprint density at radius 2 is 0.682 bits per heavy atom. The molecule has 2 unspecified atom stereocenters. The lowest BCUT2D eigenvalue weighted by Crippen LogP contribution is -2.50. The number of hydroxylamine groups is 4. The highest BCUT2D eigenvalue weighted by molar-refractivity contribution is 7.28. The number of carbonyl (C=O) groups is 6. The van der Waals surface area contributed by atoms with Crippen LogP contribution in [-0.4, -0.2) is 73.9 Å². The molecule has 0 radical (unpaired) electrons. The third-order valence-electron chi connectivity index (χ3n) is 12.5. The molecular formula is C40H20Cl12N2O8S4. The van der Waals surface area contributed by atoms with Crippen LogP contribution >= 0.6 is 185 Å². The zero-order valence-corrected chi connectivity index (χ0v) is 44.4. The summed E-state index contributed by atoms with van der Waals surface area (Å²) in [4.78, 5) is 89.7. The van der Waals surface area contributed by atoms with Gasteiger partial charge in [-0.25, -0.2) is 9.59 Å². The van der Waals surface area contributed by atoms with Gasteiger partial charge in [-0.1, -0.05) is 92.8 Å². The molecular weight excluding hydrogens is 1190 g/mol. The van der Waals surface area contributed by atoms with Crippen LogP contribution in [0.1, 0.15) is 22.6 Å². The summed E-state index contributed by atoms with van der Waals surface area (Å²) in [6, 6.07) is 15.8. The van der Waals surface area contributed by atoms with Crippen molar-refractivity contribution < 1.29 is 38.4 Å². The van der Waals surface area contributed by atoms with E-state index in [9.17, 15) is 28.8 Å². The molecule has 0 N–H and O–H groups in total. The first kappa shape index (κ1) is 48.6. The summed E-state index contributed by atoms with van der Waals surface area (Å²) in [5, 5.41) is -0.301. The van der Waals surface area contributed by atoms with Crippen molar-refractivity contribution in [3.63, 3.8) is 0 Å². The predicted molar refractivity (Wildman–Crippen MR) is 261 cm³/mol. The molecule has 2 saturated carbocycles. The van der Waals surface area contributed by atoms with E-state index in [-0.39, 0.29) is 45.8 Å². The summed E-state index contributed by atoms with van der Waals surface area (Å²) in [5.41, 5.74) is 0. The molecule has 6 aliphatic rings. The van der Waals surface area contributed by atoms with Gasteiger partial charge in [0.25, 0.3) is 23.6 Å². The fraction of sp³-hybridized carbons (Fsp3) is 0.350. The van der Waals surface area contributed by atoms with Crippen LogP contribution in [-0.2, 0) is 51.3 Å². The number of hydrogen-bond acceptors (Lipinski definition) is 12. The van der Waals surface area contributed by atoms with Gasteiger partial charge in [0.1, 0.15) is 19.5 Å². The fourth-order valence-corrected chi connectivity index (χ4v) is 19.5. The van der Waals surface area contributed by atoms with Crippen molar-refractivity contribution in [1.29, 1.82) is 0 Å². The zero-order chi connectivity index (χ0) is 47.6. The van der Waals surface area contributed by atoms with E-state index in [0.29, 0.717) is 10.1 Å². The highest BCUT2D eigenvalue weighted by Gasteiger charge is 2.89. The van der Waals surface area contributed by atoms with E-state index < -0.39 is 87.4 Å². The molecule has 0 spiro atoms. The van der Waals surface area contributed by atoms with E-state index in [1.165, 1.54) is 22.7 Å². The molecule has 66 heavy (non-hydrogen) atoms. The number of nitrogens with zero attached hydrogens (tertiary/aromatic N) is 2. The fourth-order valence-electron chi connectivity index (χ4n) is 9.36. The third kappa shape index (κ3) is 6.24. The number of aryl methyl sites for hydroxylation is 2. The second-order valence-electron chi connectivity index (χ2n) is 15.9. The van der Waals surface area contributed by atoms with Gasteiger partial charge < -0.3 is 9.68 Å². The van der Waals surface area contributed by atoms with Gasteiger partial charge in [-0.3, -0.25) is 19.2 Å². The molecule has 10 nitrogen and oxygen atoms in total. The Kier molecular flexibility index (Phi) is 12.0. The molecule has 0 aromatic carbocycles. The molecule has 2 saturated heterocycles. The van der Waals surface area contributed by atoms with Crippen LogP contribution < -0.4 is 0 Å². The first-order valence-electron chi connectivity index (χ1n) is 19.1. The maximum atomic E-state index is 13.4. The van der Waals surface area contributed by atoms with Crippen LogP contribution in [0.15, 0.2) is 68.7 Å². The Morgan fingerprint density at radius 1 is 0.439 bits per heavy atom. The van der Waals surface area contributed by atoms with E-state index in [1.807, 2.05) is 48.5 Å². The number of allylic oxidation sites excluding steroid dienone is 4. The van der Waals surface area contributed by atoms with Crippen molar-refractivity contribution in [1.82, 2.24) is 10.1 Å². The van der Waals surface area contributed by atoms with Crippen molar-refractivity contribution in [3.05, 3.63) is 78.4 Å². The minimum atomic E-state index is -2.10. The maximum Gasteiger partial charge on any atom is 0.333 e. The number of thiophene rings is 4. The summed E-state index contributed by atoms with van der Waals surface area (Å²) in [6.07, 6.45) is 0.238. The van der Waals surface area contributed by atoms with Gasteiger partial charge in [0.05, 0.1) is 56.6 Å². The number of carbonyl (C=O) groups excluding carboxylic acids is 6. The summed E-state index contributed by atoms with van der Waals surface area (Å²) < 4.78 is -4.20. The molecule has 8 atom stereocenters. The van der Waals surface area contributed by atoms with E-state index in [4.69, 9.17) is 149 Å². The molecule has 4 aliphatic carbocycles. The van der Waals surface area contributed by atoms with Gasteiger partial charge in [-0.15, -0.1) is 102 Å². The van der Waals surface area contributed by atoms with Crippen molar-refractivity contribution in [2.45, 2.75) is 53.8 Å². The van der Waals surface area contributed by atoms with Gasteiger partial charge in [-0.2, -0.15) is 0 Å². The topological polar surface area (TPSA) is 127 Å². The Labute approximate surface area is 449 Å². The smallest absolute Gasteiger partial charge is 0.330 e. The lowest BCUT2D eigenvalue weighted by molar-refractivity contribution is -0.199. The van der Waals surface area contributed by atoms with Gasteiger partial charge in [0, 0.05) is 39.0 Å². The Morgan fingerprint density at radius 3 is 0.955 bits per heavy atom. The average molecular weight is 1210 g/mol. The van der Waals surface area contributed by atoms with Gasteiger partial charge in [-0.05, 0) is 61.4 Å². The van der Waals surface area contributed by atoms with Crippen LogP contribution in [0.25, 0.3) is 29.3 Å². The van der Waals surface area contributed by atoms with Crippen molar-refractivity contribution in [3.8, 4) is 29.3 Å². The molecule has 346 valence electrons. The second kappa shape index (κ2) is 16.2. The highest BCUT2D eigenvalue weighted by atomic mass is 35.5. The van der Waals surface area contributed by atoms with E-state index in [0.717, 1.165) is 39.0 Å². The minimum Gasteiger partial charge on any atom is -0.330 e. The third-order valence-corrected chi connectivity index (χ3v) is 26.1. The molecule has 4 aromatic heterocycles. The summed E-state index contributed by atoms with van der Waals surface area (Å²) in [6.45, 7) is 0. The number of halogens is 12. The van der Waals surface area contributed by atoms with Crippen LogP contribution in [0.2, 0.25) is 0 Å². The van der Waals surface area contributed by atoms with Crippen LogP contribution in [0, 0.1) is 23.7 Å². The minimum absolute atomic E-state index is 0.149. The summed E-state index contributed by atoms with van der Waals surface area (Å²) >= 11 is 84.4. The Bertz CT molecular complexity index is 2680. The maximum absolute atomic E-state index is 13.4. The molecule has 26 heteroatoms. The number of rotatable bonds is 11. The average Bonchev–Trinajstić information content (AvgIpc) is 4.16. The van der Waals surface area contributed by atoms with Gasteiger partial charge >= 0.3 is 11.9 Å². The van der Waals surface area contributed by atoms with E-state index in [2.05, 4.69) is 0 Å². The first-order chi connectivity index (χ1) is 30.9. The summed E-state index contributed by atoms with van der Waals surface area (Å²) in [7, 11) is 0. The molecule has 4 fully saturated rings. The lowest BCUT2D eigenvalue weighted by Gasteiger charge is -2.34. The number of amides is 4. The molecule has 4 aromatic rings. The standard InChI is InChI=1S/C40H20Cl12N2O8S4/c41-27-28(42)36(46)24-23(35(27,45)39(36,49)50)31(57)53(32(24)58)61-21(55)11-3-13-1-5-15(63-13)17-7-9-19(65-17)20-10-8-18(66-20)16-6-2-14(64-16)4-12-22(56)62-54-33(59)25-26(34(54)60)38(48)30(44)29(43)37(25,47)40(38,51)52/h1-2,5-10,23-26H,3-4,11-12H2/t23-,24?,25-,26?,35+,36-,37+,38-/m1/s1. The first-order valence-corrected chi connectivity index (χ1v) is 26.9. The van der Waals surface area contributed by atoms with Crippen molar-refractivity contribution in [2.75, 3.05) is 0 Å². The van der Waals surface area contributed by atoms with Gasteiger partial charge in [0.15, 0.2) is 8.67 Å². The van der Waals surface area contributed by atoms with Crippen LogP contribution in [0.5, 0.6) is 0 Å². The molecule has 4 bridgehead atoms.